The summed E-state index contributed by atoms with van der Waals surface area (Å²) in [6, 6.07) is 0. The molecule has 0 spiro atoms. The molecule has 0 aromatic rings. The average molecular weight is 419 g/mol. The first-order chi connectivity index (χ1) is 12.1. The second-order valence-corrected chi connectivity index (χ2v) is 8.77. The van der Waals surface area contributed by atoms with E-state index in [0.717, 1.165) is 28.4 Å². The SMILES string of the molecule is CC(CC(C)C(=O)O)CN1C(=O)/C(=C2\SCC(=O)N2CC(=O)O)SC1=S. The molecule has 11 heteroatoms. The Morgan fingerprint density at radius 1 is 1.23 bits per heavy atom. The van der Waals surface area contributed by atoms with Crippen molar-refractivity contribution in [3.63, 3.8) is 0 Å². The van der Waals surface area contributed by atoms with Crippen LogP contribution in [0.4, 0.5) is 0 Å². The van der Waals surface area contributed by atoms with E-state index in [1.54, 1.807) is 6.92 Å². The first kappa shape index (κ1) is 20.7. The molecular weight excluding hydrogens is 400 g/mol. The monoisotopic (exact) mass is 418 g/mol. The second kappa shape index (κ2) is 8.40. The van der Waals surface area contributed by atoms with Crippen LogP contribution in [0, 0.1) is 11.8 Å². The standard InChI is InChI=1S/C15H18N2O6S3/c1-7(3-8(2)14(22)23)4-17-12(21)11(26-15(17)24)13-16(5-10(19)20)9(18)6-25-13/h7-8H,3-6H2,1-2H3,(H,19,20)(H,22,23)/b13-11+. The highest BCUT2D eigenvalue weighted by Gasteiger charge is 2.40. The number of amides is 2. The van der Waals surface area contributed by atoms with Crippen LogP contribution in [0.1, 0.15) is 20.3 Å². The van der Waals surface area contributed by atoms with E-state index in [0.29, 0.717) is 15.8 Å². The highest BCUT2D eigenvalue weighted by molar-refractivity contribution is 8.27. The second-order valence-electron chi connectivity index (χ2n) is 6.16. The van der Waals surface area contributed by atoms with Gasteiger partial charge in [-0.2, -0.15) is 0 Å². The van der Waals surface area contributed by atoms with Gasteiger partial charge in [0.15, 0.2) is 0 Å². The van der Waals surface area contributed by atoms with Gasteiger partial charge in [0.25, 0.3) is 5.91 Å². The van der Waals surface area contributed by atoms with E-state index in [-0.39, 0.29) is 34.9 Å². The van der Waals surface area contributed by atoms with Gasteiger partial charge >= 0.3 is 11.9 Å². The average Bonchev–Trinajstić information content (AvgIpc) is 3.01. The smallest absolute Gasteiger partial charge is 0.323 e. The van der Waals surface area contributed by atoms with Gasteiger partial charge in [0.05, 0.1) is 16.7 Å². The zero-order valence-corrected chi connectivity index (χ0v) is 16.6. The highest BCUT2D eigenvalue weighted by atomic mass is 32.2. The van der Waals surface area contributed by atoms with Crippen LogP contribution in [-0.4, -0.2) is 66.9 Å². The third-order valence-corrected chi connectivity index (χ3v) is 6.54. The first-order valence-corrected chi connectivity index (χ1v) is 9.98. The van der Waals surface area contributed by atoms with E-state index >= 15 is 0 Å². The lowest BCUT2D eigenvalue weighted by Crippen LogP contribution is -2.34. The minimum absolute atomic E-state index is 0.0825. The Bertz CT molecular complexity index is 707. The molecule has 2 fully saturated rings. The van der Waals surface area contributed by atoms with Gasteiger partial charge in [0.2, 0.25) is 5.91 Å². The summed E-state index contributed by atoms with van der Waals surface area (Å²) in [7, 11) is 0. The maximum absolute atomic E-state index is 12.7. The normalized spacial score (nSPS) is 22.9. The first-order valence-electron chi connectivity index (χ1n) is 7.77. The summed E-state index contributed by atoms with van der Waals surface area (Å²) in [6.07, 6.45) is 0.399. The van der Waals surface area contributed by atoms with Gasteiger partial charge in [-0.05, 0) is 12.3 Å². The zero-order valence-electron chi connectivity index (χ0n) is 14.1. The van der Waals surface area contributed by atoms with Crippen molar-refractivity contribution >= 4 is 63.8 Å². The predicted molar refractivity (Wildman–Crippen MR) is 101 cm³/mol. The van der Waals surface area contributed by atoms with E-state index < -0.39 is 24.4 Å². The number of carboxylic acids is 2. The fourth-order valence-electron chi connectivity index (χ4n) is 2.66. The molecule has 2 atom stereocenters. The Morgan fingerprint density at radius 2 is 1.88 bits per heavy atom. The van der Waals surface area contributed by atoms with Gasteiger partial charge < -0.3 is 10.2 Å². The predicted octanol–water partition coefficient (Wildman–Crippen LogP) is 1.42. The largest absolute Gasteiger partial charge is 0.481 e. The molecule has 0 bridgehead atoms. The van der Waals surface area contributed by atoms with Gasteiger partial charge in [-0.3, -0.25) is 29.0 Å². The molecule has 2 aliphatic rings. The molecule has 2 rings (SSSR count). The van der Waals surface area contributed by atoms with Crippen LogP contribution in [0.3, 0.4) is 0 Å². The summed E-state index contributed by atoms with van der Waals surface area (Å²) < 4.78 is 0.322. The van der Waals surface area contributed by atoms with E-state index in [2.05, 4.69) is 0 Å². The molecule has 0 aromatic heterocycles. The van der Waals surface area contributed by atoms with Crippen LogP contribution < -0.4 is 0 Å². The Balaban J connectivity index is 2.16. The topological polar surface area (TPSA) is 115 Å². The van der Waals surface area contributed by atoms with Crippen LogP contribution in [-0.2, 0) is 19.2 Å². The number of thioether (sulfide) groups is 2. The minimum atomic E-state index is -1.16. The molecule has 2 aliphatic heterocycles. The van der Waals surface area contributed by atoms with Crippen molar-refractivity contribution in [3.05, 3.63) is 9.93 Å². The summed E-state index contributed by atoms with van der Waals surface area (Å²) in [5, 5.41) is 18.3. The molecule has 0 saturated carbocycles. The van der Waals surface area contributed by atoms with E-state index in [1.165, 1.54) is 4.90 Å². The molecule has 0 aliphatic carbocycles. The number of hydrogen-bond acceptors (Lipinski definition) is 7. The summed E-state index contributed by atoms with van der Waals surface area (Å²) in [5.74, 6) is -3.32. The lowest BCUT2D eigenvalue weighted by molar-refractivity contribution is -0.142. The maximum atomic E-state index is 12.7. The number of rotatable bonds is 7. The maximum Gasteiger partial charge on any atom is 0.323 e. The van der Waals surface area contributed by atoms with Crippen molar-refractivity contribution in [1.29, 1.82) is 0 Å². The van der Waals surface area contributed by atoms with Gasteiger partial charge in [0, 0.05) is 6.54 Å². The van der Waals surface area contributed by atoms with Crippen LogP contribution >= 0.6 is 35.7 Å². The molecule has 142 valence electrons. The van der Waals surface area contributed by atoms with Crippen LogP contribution in [0.5, 0.6) is 0 Å². The Morgan fingerprint density at radius 3 is 2.46 bits per heavy atom. The minimum Gasteiger partial charge on any atom is -0.481 e. The fourth-order valence-corrected chi connectivity index (χ4v) is 5.16. The van der Waals surface area contributed by atoms with Crippen LogP contribution in [0.2, 0.25) is 0 Å². The number of hydrogen-bond donors (Lipinski definition) is 2. The Hall–Kier alpha value is -1.59. The lowest BCUT2D eigenvalue weighted by Gasteiger charge is -2.21. The van der Waals surface area contributed by atoms with Crippen molar-refractivity contribution in [2.75, 3.05) is 18.8 Å². The molecule has 0 aromatic carbocycles. The van der Waals surface area contributed by atoms with E-state index in [9.17, 15) is 19.2 Å². The van der Waals surface area contributed by atoms with Crippen molar-refractivity contribution < 1.29 is 29.4 Å². The number of carbonyl (C=O) groups is 4. The highest BCUT2D eigenvalue weighted by Crippen LogP contribution is 2.41. The molecule has 26 heavy (non-hydrogen) atoms. The molecule has 8 nitrogen and oxygen atoms in total. The van der Waals surface area contributed by atoms with Crippen molar-refractivity contribution in [2.45, 2.75) is 20.3 Å². The molecule has 2 unspecified atom stereocenters. The fraction of sp³-hybridized carbons (Fsp3) is 0.533. The van der Waals surface area contributed by atoms with Gasteiger partial charge in [-0.1, -0.05) is 49.6 Å². The number of thiocarbonyl (C=S) groups is 1. The van der Waals surface area contributed by atoms with E-state index in [1.807, 2.05) is 6.92 Å². The molecule has 2 amide bonds. The van der Waals surface area contributed by atoms with Gasteiger partial charge in [-0.25, -0.2) is 0 Å². The summed E-state index contributed by atoms with van der Waals surface area (Å²) >= 11 is 7.43. The number of aliphatic carboxylic acids is 2. The third kappa shape index (κ3) is 4.57. The Labute approximate surface area is 164 Å². The summed E-state index contributed by atoms with van der Waals surface area (Å²) in [5.41, 5.74) is 0. The Kier molecular flexibility index (Phi) is 6.69. The number of carboxylic acid groups (broad SMARTS) is 2. The molecule has 0 radical (unpaired) electrons. The summed E-state index contributed by atoms with van der Waals surface area (Å²) in [4.78, 5) is 49.3. The molecule has 2 saturated heterocycles. The number of carbonyl (C=O) groups excluding carboxylic acids is 2. The van der Waals surface area contributed by atoms with Crippen molar-refractivity contribution in [2.24, 2.45) is 11.8 Å². The zero-order chi connectivity index (χ0) is 19.6. The van der Waals surface area contributed by atoms with Crippen LogP contribution in [0.15, 0.2) is 9.93 Å². The van der Waals surface area contributed by atoms with Gasteiger partial charge in [-0.15, -0.1) is 0 Å². The molecule has 2 N–H and O–H groups in total. The quantitative estimate of drug-likeness (QED) is 0.468. The molecule has 2 heterocycles. The molecular formula is C15H18N2O6S3. The number of nitrogens with zero attached hydrogens (tertiary/aromatic N) is 2. The van der Waals surface area contributed by atoms with Crippen molar-refractivity contribution in [1.82, 2.24) is 9.80 Å². The van der Waals surface area contributed by atoms with Crippen molar-refractivity contribution in [3.8, 4) is 0 Å². The summed E-state index contributed by atoms with van der Waals surface area (Å²) in [6.45, 7) is 3.22. The van der Waals surface area contributed by atoms with Crippen LogP contribution in [0.25, 0.3) is 0 Å². The lowest BCUT2D eigenvalue weighted by atomic mass is 9.97. The van der Waals surface area contributed by atoms with Gasteiger partial charge in [0.1, 0.15) is 15.8 Å². The van der Waals surface area contributed by atoms with E-state index in [4.69, 9.17) is 22.4 Å². The third-order valence-electron chi connectivity index (χ3n) is 3.89.